The lowest BCUT2D eigenvalue weighted by Crippen LogP contribution is -2.22. The van der Waals surface area contributed by atoms with Crippen molar-refractivity contribution in [2.24, 2.45) is 0 Å². The van der Waals surface area contributed by atoms with E-state index in [1.807, 2.05) is 68.6 Å². The number of nitrogens with zero attached hydrogens (tertiary/aromatic N) is 1. The zero-order valence-electron chi connectivity index (χ0n) is 17.7. The van der Waals surface area contributed by atoms with Gasteiger partial charge in [0, 0.05) is 24.1 Å². The van der Waals surface area contributed by atoms with Crippen molar-refractivity contribution in [2.45, 2.75) is 38.7 Å². The average molecular weight is 408 g/mol. The summed E-state index contributed by atoms with van der Waals surface area (Å²) in [5.74, 6) is 0.418. The summed E-state index contributed by atoms with van der Waals surface area (Å²) < 4.78 is 11.0. The predicted molar refractivity (Wildman–Crippen MR) is 119 cm³/mol. The van der Waals surface area contributed by atoms with E-state index < -0.39 is 0 Å². The fraction of sp³-hybridized carbons (Fsp3) is 0.333. The Morgan fingerprint density at radius 2 is 1.93 bits per heavy atom. The van der Waals surface area contributed by atoms with E-state index in [1.54, 1.807) is 13.3 Å². The Bertz CT molecular complexity index is 921. The van der Waals surface area contributed by atoms with Gasteiger partial charge in [-0.05, 0) is 62.1 Å². The third-order valence-corrected chi connectivity index (χ3v) is 4.88. The Hall–Kier alpha value is -3.12. The highest BCUT2D eigenvalue weighted by atomic mass is 16.5. The molecule has 6 heteroatoms. The number of benzene rings is 2. The minimum Gasteiger partial charge on any atom is -0.497 e. The van der Waals surface area contributed by atoms with Gasteiger partial charge in [0.05, 0.1) is 25.3 Å². The number of rotatable bonds is 10. The molecule has 0 fully saturated rings. The van der Waals surface area contributed by atoms with Crippen molar-refractivity contribution in [3.05, 3.63) is 66.5 Å². The number of carbonyl (C=O) groups excluding carboxylic acids is 1. The minimum absolute atomic E-state index is 0.0381. The van der Waals surface area contributed by atoms with Crippen LogP contribution >= 0.6 is 0 Å². The summed E-state index contributed by atoms with van der Waals surface area (Å²) in [4.78, 5) is 13.1. The largest absolute Gasteiger partial charge is 0.497 e. The van der Waals surface area contributed by atoms with Gasteiger partial charge in [0.2, 0.25) is 5.91 Å². The molecule has 0 aliphatic carbocycles. The van der Waals surface area contributed by atoms with E-state index in [2.05, 4.69) is 15.5 Å². The minimum atomic E-state index is -0.288. The lowest BCUT2D eigenvalue weighted by Gasteiger charge is -2.18. The normalized spacial score (nSPS) is 12.0. The summed E-state index contributed by atoms with van der Waals surface area (Å²) >= 11 is 0. The molecule has 2 aromatic carbocycles. The molecule has 2 N–H and O–H groups in total. The van der Waals surface area contributed by atoms with Crippen LogP contribution in [0, 0.1) is 0 Å². The number of nitrogens with one attached hydrogen (secondary N) is 2. The number of hydrogen-bond acceptors (Lipinski definition) is 4. The highest BCUT2D eigenvalue weighted by Gasteiger charge is 2.21. The first-order chi connectivity index (χ1) is 14.6. The summed E-state index contributed by atoms with van der Waals surface area (Å²) in [5, 5.41) is 9.84. The summed E-state index contributed by atoms with van der Waals surface area (Å²) in [6.07, 6.45) is 5.28. The zero-order valence-corrected chi connectivity index (χ0v) is 17.7. The van der Waals surface area contributed by atoms with Crippen LogP contribution in [0.1, 0.15) is 38.2 Å². The number of hydrogen-bond donors (Lipinski definition) is 2. The van der Waals surface area contributed by atoms with Crippen molar-refractivity contribution in [3.8, 4) is 16.9 Å². The second-order valence-electron chi connectivity index (χ2n) is 7.44. The maximum atomic E-state index is 13.1. The van der Waals surface area contributed by atoms with Gasteiger partial charge in [-0.15, -0.1) is 0 Å². The lowest BCUT2D eigenvalue weighted by atomic mass is 9.93. The molecule has 0 spiro atoms. The first-order valence-corrected chi connectivity index (χ1v) is 10.2. The first kappa shape index (κ1) is 21.6. The van der Waals surface area contributed by atoms with Crippen LogP contribution in [0.5, 0.6) is 5.75 Å². The van der Waals surface area contributed by atoms with E-state index in [9.17, 15) is 4.79 Å². The van der Waals surface area contributed by atoms with Crippen molar-refractivity contribution >= 4 is 11.6 Å². The smallest absolute Gasteiger partial charge is 0.231 e. The van der Waals surface area contributed by atoms with Crippen LogP contribution in [0.3, 0.4) is 0 Å². The van der Waals surface area contributed by atoms with Crippen molar-refractivity contribution in [2.75, 3.05) is 19.0 Å². The molecule has 1 atom stereocenters. The number of carbonyl (C=O) groups is 1. The number of anilines is 1. The Balaban J connectivity index is 1.71. The molecule has 1 heterocycles. The Morgan fingerprint density at radius 1 is 1.13 bits per heavy atom. The molecule has 0 bridgehead atoms. The van der Waals surface area contributed by atoms with Crippen LogP contribution in [0.2, 0.25) is 0 Å². The van der Waals surface area contributed by atoms with Crippen molar-refractivity contribution < 1.29 is 14.3 Å². The molecule has 6 nitrogen and oxygen atoms in total. The lowest BCUT2D eigenvalue weighted by molar-refractivity contribution is -0.117. The molecule has 1 unspecified atom stereocenters. The number of aromatic amines is 1. The highest BCUT2D eigenvalue weighted by Crippen LogP contribution is 2.27. The maximum Gasteiger partial charge on any atom is 0.231 e. The van der Waals surface area contributed by atoms with Crippen LogP contribution in [-0.2, 0) is 9.53 Å². The molecule has 158 valence electrons. The van der Waals surface area contributed by atoms with E-state index >= 15 is 0 Å². The molecular weight excluding hydrogens is 378 g/mol. The summed E-state index contributed by atoms with van der Waals surface area (Å²) in [6.45, 7) is 4.66. The average Bonchev–Trinajstić information content (AvgIpc) is 3.29. The van der Waals surface area contributed by atoms with E-state index in [-0.39, 0.29) is 17.9 Å². The van der Waals surface area contributed by atoms with Crippen LogP contribution in [0.15, 0.2) is 60.9 Å². The van der Waals surface area contributed by atoms with Gasteiger partial charge >= 0.3 is 0 Å². The fourth-order valence-corrected chi connectivity index (χ4v) is 3.30. The molecule has 30 heavy (non-hydrogen) atoms. The maximum absolute atomic E-state index is 13.1. The highest BCUT2D eigenvalue weighted by molar-refractivity contribution is 5.96. The molecule has 0 aliphatic rings. The molecule has 3 aromatic rings. The van der Waals surface area contributed by atoms with Gasteiger partial charge in [-0.25, -0.2) is 0 Å². The van der Waals surface area contributed by atoms with Gasteiger partial charge in [-0.3, -0.25) is 9.89 Å². The first-order valence-electron chi connectivity index (χ1n) is 10.2. The van der Waals surface area contributed by atoms with Crippen molar-refractivity contribution in [1.82, 2.24) is 10.2 Å². The molecule has 1 amide bonds. The molecule has 0 radical (unpaired) electrons. The van der Waals surface area contributed by atoms with Crippen molar-refractivity contribution in [1.29, 1.82) is 0 Å². The second-order valence-corrected chi connectivity index (χ2v) is 7.44. The van der Waals surface area contributed by atoms with Gasteiger partial charge in [0.15, 0.2) is 0 Å². The Labute approximate surface area is 177 Å². The summed E-state index contributed by atoms with van der Waals surface area (Å²) in [6, 6.07) is 15.5. The topological polar surface area (TPSA) is 76.2 Å². The number of aromatic nitrogens is 2. The Kier molecular flexibility index (Phi) is 7.63. The van der Waals surface area contributed by atoms with Gasteiger partial charge in [-0.2, -0.15) is 5.10 Å². The van der Waals surface area contributed by atoms with Crippen LogP contribution < -0.4 is 10.1 Å². The van der Waals surface area contributed by atoms with E-state index in [0.717, 1.165) is 34.5 Å². The number of H-pyrrole nitrogens is 1. The molecular formula is C24H29N3O3. The van der Waals surface area contributed by atoms with E-state index in [4.69, 9.17) is 9.47 Å². The SMILES string of the molecule is COc1cccc(C(CCCOC(C)C)C(=O)Nc2ccc(-c3cn[nH]c3)cc2)c1. The Morgan fingerprint density at radius 3 is 2.60 bits per heavy atom. The summed E-state index contributed by atoms with van der Waals surface area (Å²) in [5.41, 5.74) is 3.74. The van der Waals surface area contributed by atoms with E-state index in [0.29, 0.717) is 13.0 Å². The number of methoxy groups -OCH3 is 1. The van der Waals surface area contributed by atoms with Crippen LogP contribution in [0.4, 0.5) is 5.69 Å². The van der Waals surface area contributed by atoms with Gasteiger partial charge < -0.3 is 14.8 Å². The van der Waals surface area contributed by atoms with E-state index in [1.165, 1.54) is 0 Å². The number of ether oxygens (including phenoxy) is 2. The predicted octanol–water partition coefficient (Wildman–Crippen LogP) is 5.01. The molecule has 1 aromatic heterocycles. The fourth-order valence-electron chi connectivity index (χ4n) is 3.30. The number of amides is 1. The van der Waals surface area contributed by atoms with Crippen LogP contribution in [0.25, 0.3) is 11.1 Å². The summed E-state index contributed by atoms with van der Waals surface area (Å²) in [7, 11) is 1.63. The third-order valence-electron chi connectivity index (χ3n) is 4.88. The standard InChI is InChI=1S/C24H29N3O3/c1-17(2)30-13-5-8-23(19-6-4-7-22(14-19)29-3)24(28)27-21-11-9-18(10-12-21)20-15-25-26-16-20/h4,6-7,9-12,14-17,23H,5,8,13H2,1-3H3,(H,25,26)(H,27,28). The quantitative estimate of drug-likeness (QED) is 0.463. The molecule has 3 rings (SSSR count). The molecule has 0 aliphatic heterocycles. The molecule has 0 saturated heterocycles. The zero-order chi connectivity index (χ0) is 21.3. The van der Waals surface area contributed by atoms with Gasteiger partial charge in [0.25, 0.3) is 0 Å². The molecule has 0 saturated carbocycles. The van der Waals surface area contributed by atoms with Gasteiger partial charge in [-0.1, -0.05) is 24.3 Å². The van der Waals surface area contributed by atoms with Crippen LogP contribution in [-0.4, -0.2) is 35.9 Å². The van der Waals surface area contributed by atoms with Crippen molar-refractivity contribution in [3.63, 3.8) is 0 Å². The van der Waals surface area contributed by atoms with Gasteiger partial charge in [0.1, 0.15) is 5.75 Å². The monoisotopic (exact) mass is 407 g/mol. The third kappa shape index (κ3) is 5.94. The second kappa shape index (κ2) is 10.6.